The van der Waals surface area contributed by atoms with Gasteiger partial charge in [-0.25, -0.2) is 0 Å². The third-order valence-electron chi connectivity index (χ3n) is 4.87. The van der Waals surface area contributed by atoms with Gasteiger partial charge in [0.05, 0.1) is 24.2 Å². The van der Waals surface area contributed by atoms with Crippen LogP contribution in [0.3, 0.4) is 0 Å². The molecule has 0 aromatic heterocycles. The molecule has 0 radical (unpaired) electrons. The van der Waals surface area contributed by atoms with Gasteiger partial charge in [0.2, 0.25) is 0 Å². The summed E-state index contributed by atoms with van der Waals surface area (Å²) in [7, 11) is 0. The van der Waals surface area contributed by atoms with Crippen molar-refractivity contribution in [3.05, 3.63) is 0 Å². The molecule has 0 amide bonds. The number of ether oxygens (including phenoxy) is 2. The molecule has 1 aliphatic rings. The van der Waals surface area contributed by atoms with Crippen LogP contribution in [0.5, 0.6) is 0 Å². The predicted molar refractivity (Wildman–Crippen MR) is 129 cm³/mol. The number of carbonyl (C=O) groups is 1. The Bertz CT molecular complexity index is 586. The van der Waals surface area contributed by atoms with Crippen molar-refractivity contribution in [2.24, 2.45) is 5.41 Å². The highest BCUT2D eigenvalue weighted by molar-refractivity contribution is 8.89. The second-order valence-electron chi connectivity index (χ2n) is 9.91. The summed E-state index contributed by atoms with van der Waals surface area (Å²) in [5.41, 5.74) is -1.01. The molecule has 0 aromatic carbocycles. The van der Waals surface area contributed by atoms with Crippen molar-refractivity contribution in [2.45, 2.75) is 78.6 Å². The molecular formula is C21H42NO5PS2. The summed E-state index contributed by atoms with van der Waals surface area (Å²) in [6, 6.07) is 0. The molecule has 9 heteroatoms. The first-order valence-electron chi connectivity index (χ1n) is 10.8. The lowest BCUT2D eigenvalue weighted by atomic mass is 9.89. The van der Waals surface area contributed by atoms with Gasteiger partial charge in [0, 0.05) is 23.6 Å². The molecule has 0 aliphatic carbocycles. The number of carbonyl (C=O) groups excluding carboxylic acids is 1. The fourth-order valence-corrected chi connectivity index (χ4v) is 12.2. The van der Waals surface area contributed by atoms with E-state index in [0.29, 0.717) is 5.75 Å². The lowest BCUT2D eigenvalue weighted by Crippen LogP contribution is -2.39. The molecule has 0 spiro atoms. The van der Waals surface area contributed by atoms with E-state index in [4.69, 9.17) is 14.0 Å². The Hall–Kier alpha value is 0.280. The SMILES string of the molecule is CCC(C)(C)OP(=O)(SCCOC(=O)C(C)(C)CCN1CCOCC1)SC(C)(C)C. The van der Waals surface area contributed by atoms with Gasteiger partial charge < -0.3 is 14.0 Å². The molecule has 6 nitrogen and oxygen atoms in total. The van der Waals surface area contributed by atoms with Crippen molar-refractivity contribution in [3.63, 3.8) is 0 Å². The number of morpholine rings is 1. The first kappa shape index (κ1) is 28.3. The predicted octanol–water partition coefficient (Wildman–Crippen LogP) is 5.86. The molecule has 30 heavy (non-hydrogen) atoms. The Balaban J connectivity index is 2.51. The van der Waals surface area contributed by atoms with Crippen LogP contribution < -0.4 is 0 Å². The largest absolute Gasteiger partial charge is 0.464 e. The van der Waals surface area contributed by atoms with E-state index in [1.807, 2.05) is 55.4 Å². The van der Waals surface area contributed by atoms with Crippen molar-refractivity contribution in [3.8, 4) is 0 Å². The Kier molecular flexibility index (Phi) is 11.3. The van der Waals surface area contributed by atoms with Gasteiger partial charge in [-0.05, 0) is 47.1 Å². The maximum absolute atomic E-state index is 13.5. The molecule has 0 N–H and O–H groups in total. The van der Waals surface area contributed by atoms with Crippen LogP contribution in [-0.2, 0) is 23.4 Å². The summed E-state index contributed by atoms with van der Waals surface area (Å²) >= 11 is 2.65. The van der Waals surface area contributed by atoms with E-state index in [-0.39, 0.29) is 17.3 Å². The third kappa shape index (κ3) is 11.2. The van der Waals surface area contributed by atoms with Crippen LogP contribution in [0.15, 0.2) is 0 Å². The fourth-order valence-electron chi connectivity index (χ4n) is 2.62. The number of hydrogen-bond donors (Lipinski definition) is 0. The van der Waals surface area contributed by atoms with E-state index in [1.54, 1.807) is 0 Å². The first-order valence-corrected chi connectivity index (χ1v) is 15.5. The Morgan fingerprint density at radius 1 is 1.10 bits per heavy atom. The van der Waals surface area contributed by atoms with E-state index in [1.165, 1.54) is 22.8 Å². The highest BCUT2D eigenvalue weighted by Gasteiger charge is 2.37. The van der Waals surface area contributed by atoms with Gasteiger partial charge in [-0.2, -0.15) is 0 Å². The monoisotopic (exact) mass is 483 g/mol. The quantitative estimate of drug-likeness (QED) is 0.194. The molecule has 1 heterocycles. The summed E-state index contributed by atoms with van der Waals surface area (Å²) in [4.78, 5) is 14.9. The first-order chi connectivity index (χ1) is 13.7. The van der Waals surface area contributed by atoms with Crippen LogP contribution in [0.1, 0.15) is 68.2 Å². The van der Waals surface area contributed by atoms with Crippen molar-refractivity contribution in [1.29, 1.82) is 0 Å². The molecular weight excluding hydrogens is 441 g/mol. The van der Waals surface area contributed by atoms with E-state index in [0.717, 1.165) is 45.7 Å². The molecule has 178 valence electrons. The van der Waals surface area contributed by atoms with Gasteiger partial charge in [-0.15, -0.1) is 0 Å². The minimum Gasteiger partial charge on any atom is -0.464 e. The van der Waals surface area contributed by atoms with Crippen molar-refractivity contribution < 1.29 is 23.4 Å². The van der Waals surface area contributed by atoms with Crippen LogP contribution in [0.2, 0.25) is 0 Å². The van der Waals surface area contributed by atoms with Crippen molar-refractivity contribution in [1.82, 2.24) is 4.90 Å². The summed E-state index contributed by atoms with van der Waals surface area (Å²) in [5.74, 6) is -2.74. The van der Waals surface area contributed by atoms with Crippen molar-refractivity contribution >= 4 is 34.5 Å². The third-order valence-corrected chi connectivity index (χ3v) is 12.9. The Morgan fingerprint density at radius 2 is 1.70 bits per heavy atom. The number of rotatable bonds is 12. The summed E-state index contributed by atoms with van der Waals surface area (Å²) < 4.78 is 30.2. The molecule has 1 fully saturated rings. The average Bonchev–Trinajstić information content (AvgIpc) is 2.62. The van der Waals surface area contributed by atoms with Crippen LogP contribution in [0.4, 0.5) is 0 Å². The average molecular weight is 484 g/mol. The standard InChI is InChI=1S/C21H42NO5PS2/c1-9-21(7,8)27-28(24,30-19(2,3)4)29-17-16-26-18(23)20(5,6)10-11-22-12-14-25-15-13-22/h9-17H2,1-8H3. The van der Waals surface area contributed by atoms with Crippen molar-refractivity contribution in [2.75, 3.05) is 45.2 Å². The maximum atomic E-state index is 13.5. The molecule has 0 bridgehead atoms. The molecule has 1 saturated heterocycles. The molecule has 1 atom stereocenters. The Labute approximate surface area is 191 Å². The van der Waals surface area contributed by atoms with Crippen LogP contribution in [0, 0.1) is 5.41 Å². The zero-order valence-electron chi connectivity index (χ0n) is 20.1. The minimum atomic E-state index is -2.99. The highest BCUT2D eigenvalue weighted by atomic mass is 33.1. The smallest absolute Gasteiger partial charge is 0.314 e. The number of hydrogen-bond acceptors (Lipinski definition) is 8. The molecule has 0 saturated carbocycles. The maximum Gasteiger partial charge on any atom is 0.314 e. The van der Waals surface area contributed by atoms with E-state index >= 15 is 0 Å². The van der Waals surface area contributed by atoms with Crippen LogP contribution >= 0.6 is 28.5 Å². The topological polar surface area (TPSA) is 65.1 Å². The van der Waals surface area contributed by atoms with Gasteiger partial charge >= 0.3 is 11.7 Å². The van der Waals surface area contributed by atoms with E-state index < -0.39 is 16.8 Å². The summed E-state index contributed by atoms with van der Waals surface area (Å²) in [6.45, 7) is 20.3. The highest BCUT2D eigenvalue weighted by Crippen LogP contribution is 2.74. The fraction of sp³-hybridized carbons (Fsp3) is 0.952. The Morgan fingerprint density at radius 3 is 2.23 bits per heavy atom. The van der Waals surface area contributed by atoms with Gasteiger partial charge in [-0.1, -0.05) is 50.5 Å². The van der Waals surface area contributed by atoms with Gasteiger partial charge in [0.1, 0.15) is 6.61 Å². The zero-order valence-corrected chi connectivity index (χ0v) is 22.6. The van der Waals surface area contributed by atoms with E-state index in [2.05, 4.69) is 4.90 Å². The molecule has 0 aromatic rings. The van der Waals surface area contributed by atoms with Gasteiger partial charge in [0.25, 0.3) is 0 Å². The zero-order chi connectivity index (χ0) is 23.1. The minimum absolute atomic E-state index is 0.190. The summed E-state index contributed by atoms with van der Waals surface area (Å²) in [6.07, 6.45) is 1.51. The second kappa shape index (κ2) is 11.9. The van der Waals surface area contributed by atoms with Gasteiger partial charge in [-0.3, -0.25) is 14.3 Å². The summed E-state index contributed by atoms with van der Waals surface area (Å²) in [5, 5.41) is 0. The number of esters is 1. The molecule has 1 rings (SSSR count). The molecule has 1 aliphatic heterocycles. The normalized spacial score (nSPS) is 18.8. The lowest BCUT2D eigenvalue weighted by molar-refractivity contribution is -0.153. The molecule has 1 unspecified atom stereocenters. The van der Waals surface area contributed by atoms with Crippen LogP contribution in [-0.4, -0.2) is 66.4 Å². The van der Waals surface area contributed by atoms with Crippen LogP contribution in [0.25, 0.3) is 0 Å². The second-order valence-corrected chi connectivity index (χ2v) is 18.0. The van der Waals surface area contributed by atoms with E-state index in [9.17, 15) is 9.36 Å². The van der Waals surface area contributed by atoms with Gasteiger partial charge in [0.15, 0.2) is 0 Å². The number of nitrogens with zero attached hydrogens (tertiary/aromatic N) is 1. The lowest BCUT2D eigenvalue weighted by Gasteiger charge is -2.32.